The predicted octanol–water partition coefficient (Wildman–Crippen LogP) is 3.99. The molecule has 7 heteroatoms. The normalized spacial score (nSPS) is 15.3. The lowest BCUT2D eigenvalue weighted by Gasteiger charge is -2.19. The Balaban J connectivity index is 1.50. The second-order valence-corrected chi connectivity index (χ2v) is 7.42. The van der Waals surface area contributed by atoms with E-state index in [2.05, 4.69) is 5.32 Å². The largest absolute Gasteiger partial charge is 0.486 e. The molecule has 0 fully saturated rings. The third-order valence-electron chi connectivity index (χ3n) is 5.30. The van der Waals surface area contributed by atoms with Gasteiger partial charge in [0.15, 0.2) is 11.5 Å². The smallest absolute Gasteiger partial charge is 0.278 e. The second-order valence-electron chi connectivity index (χ2n) is 7.42. The summed E-state index contributed by atoms with van der Waals surface area (Å²) in [6.45, 7) is 0.965. The molecule has 0 radical (unpaired) electrons. The van der Waals surface area contributed by atoms with Gasteiger partial charge in [-0.25, -0.2) is 4.39 Å². The topological polar surface area (TPSA) is 67.9 Å². The number of fused-ring (bicyclic) bond motifs is 1. The van der Waals surface area contributed by atoms with Crippen LogP contribution in [0.5, 0.6) is 11.5 Å². The van der Waals surface area contributed by atoms with Crippen LogP contribution in [0.25, 0.3) is 5.57 Å². The zero-order valence-electron chi connectivity index (χ0n) is 17.0. The summed E-state index contributed by atoms with van der Waals surface area (Å²) >= 11 is 0. The van der Waals surface area contributed by atoms with Gasteiger partial charge in [-0.3, -0.25) is 14.5 Å². The van der Waals surface area contributed by atoms with E-state index in [0.29, 0.717) is 41.5 Å². The first-order valence-corrected chi connectivity index (χ1v) is 10.2. The number of benzene rings is 3. The van der Waals surface area contributed by atoms with Gasteiger partial charge >= 0.3 is 0 Å². The predicted molar refractivity (Wildman–Crippen MR) is 116 cm³/mol. The molecule has 0 aliphatic carbocycles. The number of nitrogens with zero attached hydrogens (tertiary/aromatic N) is 1. The fourth-order valence-corrected chi connectivity index (χ4v) is 3.75. The Hall–Kier alpha value is -4.13. The van der Waals surface area contributed by atoms with Crippen LogP contribution < -0.4 is 14.8 Å². The van der Waals surface area contributed by atoms with Crippen LogP contribution in [-0.4, -0.2) is 29.9 Å². The minimum atomic E-state index is -0.451. The number of halogens is 1. The van der Waals surface area contributed by atoms with Gasteiger partial charge in [-0.05, 0) is 35.4 Å². The van der Waals surface area contributed by atoms with Crippen molar-refractivity contribution < 1.29 is 23.5 Å². The zero-order valence-corrected chi connectivity index (χ0v) is 17.0. The number of imide groups is 1. The molecule has 2 amide bonds. The highest BCUT2D eigenvalue weighted by molar-refractivity contribution is 6.36. The van der Waals surface area contributed by atoms with Crippen LogP contribution in [0.1, 0.15) is 11.1 Å². The average Bonchev–Trinajstić information content (AvgIpc) is 3.05. The van der Waals surface area contributed by atoms with Crippen LogP contribution in [-0.2, 0) is 16.1 Å². The number of amides is 2. The summed E-state index contributed by atoms with van der Waals surface area (Å²) in [5, 5.41) is 3.12. The van der Waals surface area contributed by atoms with E-state index in [-0.39, 0.29) is 23.6 Å². The lowest BCUT2D eigenvalue weighted by atomic mass is 10.0. The number of anilines is 1. The first-order chi connectivity index (χ1) is 15.6. The second kappa shape index (κ2) is 8.19. The van der Waals surface area contributed by atoms with E-state index in [9.17, 15) is 14.0 Å². The molecule has 0 bridgehead atoms. The lowest BCUT2D eigenvalue weighted by molar-refractivity contribution is -0.137. The zero-order chi connectivity index (χ0) is 22.1. The van der Waals surface area contributed by atoms with Gasteiger partial charge in [-0.2, -0.15) is 0 Å². The number of nitrogens with one attached hydrogen (secondary N) is 1. The number of carbonyl (C=O) groups is 2. The number of carbonyl (C=O) groups excluding carboxylic acids is 2. The Labute approximate surface area is 183 Å². The summed E-state index contributed by atoms with van der Waals surface area (Å²) in [6.07, 6.45) is 0. The Morgan fingerprint density at radius 1 is 0.844 bits per heavy atom. The molecule has 5 rings (SSSR count). The number of hydrogen-bond donors (Lipinski definition) is 1. The Morgan fingerprint density at radius 2 is 1.56 bits per heavy atom. The van der Waals surface area contributed by atoms with E-state index in [0.717, 1.165) is 4.90 Å². The SMILES string of the molecule is O=C1C(Nc2ccc3c(c2)OCCO3)=C(c2ccccc2)C(=O)N1Cc1ccc(F)cc1. The maximum atomic E-state index is 13.3. The van der Waals surface area contributed by atoms with Gasteiger partial charge in [-0.15, -0.1) is 0 Å². The molecule has 0 unspecified atom stereocenters. The fourth-order valence-electron chi connectivity index (χ4n) is 3.75. The van der Waals surface area contributed by atoms with E-state index >= 15 is 0 Å². The summed E-state index contributed by atoms with van der Waals surface area (Å²) in [7, 11) is 0. The van der Waals surface area contributed by atoms with Crippen molar-refractivity contribution in [3.05, 3.63) is 95.4 Å². The summed E-state index contributed by atoms with van der Waals surface area (Å²) in [6, 6.07) is 20.0. The van der Waals surface area contributed by atoms with Crippen molar-refractivity contribution in [1.29, 1.82) is 0 Å². The Bertz CT molecular complexity index is 1220. The minimum absolute atomic E-state index is 0.0423. The molecule has 0 spiro atoms. The molecule has 3 aromatic rings. The van der Waals surface area contributed by atoms with Gasteiger partial charge in [0, 0.05) is 11.8 Å². The summed E-state index contributed by atoms with van der Waals surface area (Å²) in [4.78, 5) is 27.8. The molecule has 3 aromatic carbocycles. The van der Waals surface area contributed by atoms with Crippen LogP contribution in [0.2, 0.25) is 0 Å². The van der Waals surface area contributed by atoms with Crippen molar-refractivity contribution in [2.45, 2.75) is 6.54 Å². The van der Waals surface area contributed by atoms with Crippen LogP contribution in [0.4, 0.5) is 10.1 Å². The number of ether oxygens (including phenoxy) is 2. The van der Waals surface area contributed by atoms with E-state index in [1.54, 1.807) is 42.5 Å². The molecule has 0 aromatic heterocycles. The van der Waals surface area contributed by atoms with Crippen molar-refractivity contribution >= 4 is 23.1 Å². The fraction of sp³-hybridized carbons (Fsp3) is 0.120. The van der Waals surface area contributed by atoms with Crippen LogP contribution in [0, 0.1) is 5.82 Å². The highest BCUT2D eigenvalue weighted by Gasteiger charge is 2.39. The van der Waals surface area contributed by atoms with E-state index < -0.39 is 11.8 Å². The van der Waals surface area contributed by atoms with E-state index in [1.165, 1.54) is 12.1 Å². The van der Waals surface area contributed by atoms with Gasteiger partial charge in [0.2, 0.25) is 0 Å². The Morgan fingerprint density at radius 3 is 2.31 bits per heavy atom. The van der Waals surface area contributed by atoms with Gasteiger partial charge in [0.25, 0.3) is 11.8 Å². The molecule has 6 nitrogen and oxygen atoms in total. The third-order valence-corrected chi connectivity index (χ3v) is 5.30. The van der Waals surface area contributed by atoms with Gasteiger partial charge < -0.3 is 14.8 Å². The van der Waals surface area contributed by atoms with Crippen molar-refractivity contribution in [2.24, 2.45) is 0 Å². The molecule has 0 saturated carbocycles. The molecular formula is C25H19FN2O4. The molecule has 160 valence electrons. The molecule has 2 aliphatic rings. The highest BCUT2D eigenvalue weighted by atomic mass is 19.1. The Kier molecular flexibility index (Phi) is 5.07. The monoisotopic (exact) mass is 430 g/mol. The van der Waals surface area contributed by atoms with Crippen LogP contribution in [0.15, 0.2) is 78.5 Å². The lowest BCUT2D eigenvalue weighted by Crippen LogP contribution is -2.32. The third kappa shape index (κ3) is 3.69. The molecule has 1 N–H and O–H groups in total. The van der Waals surface area contributed by atoms with Crippen molar-refractivity contribution in [1.82, 2.24) is 4.90 Å². The number of hydrogen-bond acceptors (Lipinski definition) is 5. The van der Waals surface area contributed by atoms with Crippen molar-refractivity contribution in [3.8, 4) is 11.5 Å². The minimum Gasteiger partial charge on any atom is -0.486 e. The summed E-state index contributed by atoms with van der Waals surface area (Å²) < 4.78 is 24.4. The maximum absolute atomic E-state index is 13.3. The summed E-state index contributed by atoms with van der Waals surface area (Å²) in [5.74, 6) is -0.0376. The van der Waals surface area contributed by atoms with E-state index in [1.807, 2.05) is 18.2 Å². The highest BCUT2D eigenvalue weighted by Crippen LogP contribution is 2.35. The molecule has 2 heterocycles. The van der Waals surface area contributed by atoms with Gasteiger partial charge in [0.05, 0.1) is 12.1 Å². The maximum Gasteiger partial charge on any atom is 0.278 e. The molecule has 32 heavy (non-hydrogen) atoms. The van der Waals surface area contributed by atoms with E-state index in [4.69, 9.17) is 9.47 Å². The van der Waals surface area contributed by atoms with Crippen LogP contribution in [0.3, 0.4) is 0 Å². The first-order valence-electron chi connectivity index (χ1n) is 10.2. The van der Waals surface area contributed by atoms with Crippen molar-refractivity contribution in [2.75, 3.05) is 18.5 Å². The summed E-state index contributed by atoms with van der Waals surface area (Å²) in [5.41, 5.74) is 2.35. The standard InChI is InChI=1S/C25H19FN2O4/c26-18-8-6-16(7-9-18)15-28-24(29)22(17-4-2-1-3-5-17)23(25(28)30)27-19-10-11-20-21(14-19)32-13-12-31-20/h1-11,14,27H,12-13,15H2. The molecule has 0 atom stereocenters. The van der Waals surface area contributed by atoms with Gasteiger partial charge in [-0.1, -0.05) is 42.5 Å². The first kappa shape index (κ1) is 19.8. The number of rotatable bonds is 5. The molecule has 2 aliphatic heterocycles. The van der Waals surface area contributed by atoms with Crippen molar-refractivity contribution in [3.63, 3.8) is 0 Å². The molecular weight excluding hydrogens is 411 g/mol. The van der Waals surface area contributed by atoms with Gasteiger partial charge in [0.1, 0.15) is 24.7 Å². The quantitative estimate of drug-likeness (QED) is 0.620. The average molecular weight is 430 g/mol. The van der Waals surface area contributed by atoms with Crippen LogP contribution >= 0.6 is 0 Å². The molecule has 0 saturated heterocycles.